The largest absolute Gasteiger partial charge is 0.497 e. The lowest BCUT2D eigenvalue weighted by Gasteiger charge is -2.26. The Balaban J connectivity index is 1.49. The van der Waals surface area contributed by atoms with E-state index in [1.165, 1.54) is 28.6 Å². The molecule has 0 unspecified atom stereocenters. The fraction of sp³-hybridized carbons (Fsp3) is 0.350. The number of methoxy groups -OCH3 is 1. The van der Waals surface area contributed by atoms with Crippen molar-refractivity contribution in [1.82, 2.24) is 4.31 Å². The van der Waals surface area contributed by atoms with E-state index in [9.17, 15) is 13.2 Å². The van der Waals surface area contributed by atoms with Gasteiger partial charge in [-0.15, -0.1) is 0 Å². The molecule has 0 amide bonds. The van der Waals surface area contributed by atoms with Gasteiger partial charge in [0.2, 0.25) is 10.0 Å². The molecule has 156 valence electrons. The third-order valence-corrected chi connectivity index (χ3v) is 6.26. The summed E-state index contributed by atoms with van der Waals surface area (Å²) in [4.78, 5) is 12.3. The lowest BCUT2D eigenvalue weighted by Crippen LogP contribution is -2.40. The molecule has 0 N–H and O–H groups in total. The normalized spacial score (nSPS) is 14.9. The predicted octanol–water partition coefficient (Wildman–Crippen LogP) is 1.95. The van der Waals surface area contributed by atoms with Crippen molar-refractivity contribution in [2.45, 2.75) is 4.90 Å². The standard InChI is InChI=1S/C20H23NO7S/c1-25-17-4-6-18(7-5-17)27-14-15-28-20(22)16-2-8-19(9-3-16)29(23,24)21-10-12-26-13-11-21/h2-9H,10-15H2,1H3. The summed E-state index contributed by atoms with van der Waals surface area (Å²) < 4.78 is 47.5. The fourth-order valence-corrected chi connectivity index (χ4v) is 4.16. The van der Waals surface area contributed by atoms with Crippen LogP contribution in [0.4, 0.5) is 0 Å². The zero-order chi connectivity index (χ0) is 20.7. The van der Waals surface area contributed by atoms with Crippen LogP contribution < -0.4 is 9.47 Å². The summed E-state index contributed by atoms with van der Waals surface area (Å²) in [5.74, 6) is 0.820. The highest BCUT2D eigenvalue weighted by molar-refractivity contribution is 7.89. The first-order chi connectivity index (χ1) is 14.0. The molecule has 9 heteroatoms. The van der Waals surface area contributed by atoms with Crippen LogP contribution in [0.1, 0.15) is 10.4 Å². The Bertz CT molecular complexity index is 905. The molecule has 1 aliphatic rings. The lowest BCUT2D eigenvalue weighted by atomic mass is 10.2. The first kappa shape index (κ1) is 21.1. The van der Waals surface area contributed by atoms with E-state index in [-0.39, 0.29) is 23.7 Å². The van der Waals surface area contributed by atoms with E-state index in [0.29, 0.717) is 32.1 Å². The van der Waals surface area contributed by atoms with E-state index < -0.39 is 16.0 Å². The maximum Gasteiger partial charge on any atom is 0.338 e. The van der Waals surface area contributed by atoms with E-state index in [2.05, 4.69) is 0 Å². The van der Waals surface area contributed by atoms with Crippen LogP contribution in [0.25, 0.3) is 0 Å². The third-order valence-electron chi connectivity index (χ3n) is 4.34. The van der Waals surface area contributed by atoms with Crippen LogP contribution in [0.5, 0.6) is 11.5 Å². The third kappa shape index (κ3) is 5.47. The van der Waals surface area contributed by atoms with Gasteiger partial charge in [0.05, 0.1) is 30.8 Å². The van der Waals surface area contributed by atoms with E-state index in [0.717, 1.165) is 5.75 Å². The maximum absolute atomic E-state index is 12.6. The van der Waals surface area contributed by atoms with Gasteiger partial charge in [-0.25, -0.2) is 13.2 Å². The second-order valence-electron chi connectivity index (χ2n) is 6.20. The zero-order valence-corrected chi connectivity index (χ0v) is 16.9. The van der Waals surface area contributed by atoms with Crippen LogP contribution in [0.3, 0.4) is 0 Å². The number of esters is 1. The summed E-state index contributed by atoms with van der Waals surface area (Å²) in [6.07, 6.45) is 0. The molecule has 1 fully saturated rings. The molecule has 0 bridgehead atoms. The Hall–Kier alpha value is -2.62. The summed E-state index contributed by atoms with van der Waals surface area (Å²) in [6, 6.07) is 12.8. The van der Waals surface area contributed by atoms with E-state index in [1.54, 1.807) is 31.4 Å². The highest BCUT2D eigenvalue weighted by Crippen LogP contribution is 2.19. The molecule has 0 spiro atoms. The highest BCUT2D eigenvalue weighted by atomic mass is 32.2. The number of carbonyl (C=O) groups excluding carboxylic acids is 1. The molecule has 0 atom stereocenters. The monoisotopic (exact) mass is 421 g/mol. The van der Waals surface area contributed by atoms with Gasteiger partial charge in [-0.1, -0.05) is 0 Å². The van der Waals surface area contributed by atoms with Gasteiger partial charge in [-0.05, 0) is 48.5 Å². The van der Waals surface area contributed by atoms with Gasteiger partial charge >= 0.3 is 5.97 Å². The van der Waals surface area contributed by atoms with Gasteiger partial charge in [0.15, 0.2) is 0 Å². The van der Waals surface area contributed by atoms with Crippen molar-refractivity contribution >= 4 is 16.0 Å². The Morgan fingerprint density at radius 2 is 1.59 bits per heavy atom. The van der Waals surface area contributed by atoms with Crippen LogP contribution in [0.2, 0.25) is 0 Å². The molecule has 8 nitrogen and oxygen atoms in total. The SMILES string of the molecule is COc1ccc(OCCOC(=O)c2ccc(S(=O)(=O)N3CCOCC3)cc2)cc1. The second kappa shape index (κ2) is 9.73. The maximum atomic E-state index is 12.6. The molecule has 0 radical (unpaired) electrons. The van der Waals surface area contributed by atoms with Crippen LogP contribution in [-0.4, -0.2) is 65.3 Å². The second-order valence-corrected chi connectivity index (χ2v) is 8.14. The Morgan fingerprint density at radius 3 is 2.21 bits per heavy atom. The van der Waals surface area contributed by atoms with Crippen LogP contribution in [-0.2, 0) is 19.5 Å². The van der Waals surface area contributed by atoms with Crippen LogP contribution in [0, 0.1) is 0 Å². The Kier molecular flexibility index (Phi) is 7.08. The number of benzene rings is 2. The van der Waals surface area contributed by atoms with Crippen LogP contribution >= 0.6 is 0 Å². The number of hydrogen-bond acceptors (Lipinski definition) is 7. The minimum Gasteiger partial charge on any atom is -0.497 e. The molecule has 2 aromatic carbocycles. The van der Waals surface area contributed by atoms with Gasteiger partial charge in [0, 0.05) is 13.1 Å². The number of sulfonamides is 1. The van der Waals surface area contributed by atoms with Crippen molar-refractivity contribution in [2.75, 3.05) is 46.6 Å². The molecular weight excluding hydrogens is 398 g/mol. The molecule has 29 heavy (non-hydrogen) atoms. The molecule has 0 aliphatic carbocycles. The average molecular weight is 421 g/mol. The van der Waals surface area contributed by atoms with Crippen molar-refractivity contribution in [3.63, 3.8) is 0 Å². The van der Waals surface area contributed by atoms with Gasteiger partial charge in [-0.2, -0.15) is 4.31 Å². The molecule has 1 saturated heterocycles. The number of morpholine rings is 1. The quantitative estimate of drug-likeness (QED) is 0.475. The van der Waals surface area contributed by atoms with E-state index >= 15 is 0 Å². The summed E-state index contributed by atoms with van der Waals surface area (Å²) in [5.41, 5.74) is 0.273. The van der Waals surface area contributed by atoms with Gasteiger partial charge in [0.1, 0.15) is 24.7 Å². The molecule has 0 saturated carbocycles. The van der Waals surface area contributed by atoms with Crippen molar-refractivity contribution in [2.24, 2.45) is 0 Å². The summed E-state index contributed by atoms with van der Waals surface area (Å²) in [5, 5.41) is 0. The first-order valence-electron chi connectivity index (χ1n) is 9.12. The van der Waals surface area contributed by atoms with Gasteiger partial charge in [-0.3, -0.25) is 0 Å². The van der Waals surface area contributed by atoms with Gasteiger partial charge < -0.3 is 18.9 Å². The first-order valence-corrected chi connectivity index (χ1v) is 10.6. The van der Waals surface area contributed by atoms with E-state index in [1.807, 2.05) is 0 Å². The number of carbonyl (C=O) groups is 1. The minimum absolute atomic E-state index is 0.0681. The lowest BCUT2D eigenvalue weighted by molar-refractivity contribution is 0.0450. The number of hydrogen-bond donors (Lipinski definition) is 0. The number of ether oxygens (including phenoxy) is 4. The molecule has 3 rings (SSSR count). The zero-order valence-electron chi connectivity index (χ0n) is 16.1. The predicted molar refractivity (Wildman–Crippen MR) is 105 cm³/mol. The molecule has 2 aromatic rings. The van der Waals surface area contributed by atoms with Crippen molar-refractivity contribution in [3.05, 3.63) is 54.1 Å². The smallest absolute Gasteiger partial charge is 0.338 e. The van der Waals surface area contributed by atoms with Crippen molar-refractivity contribution in [3.8, 4) is 11.5 Å². The average Bonchev–Trinajstić information content (AvgIpc) is 2.77. The van der Waals surface area contributed by atoms with E-state index in [4.69, 9.17) is 18.9 Å². The van der Waals surface area contributed by atoms with Crippen molar-refractivity contribution in [1.29, 1.82) is 0 Å². The number of nitrogens with zero attached hydrogens (tertiary/aromatic N) is 1. The topological polar surface area (TPSA) is 91.4 Å². The Morgan fingerprint density at radius 1 is 0.966 bits per heavy atom. The summed E-state index contributed by atoms with van der Waals surface area (Å²) in [6.45, 7) is 1.66. The highest BCUT2D eigenvalue weighted by Gasteiger charge is 2.26. The van der Waals surface area contributed by atoms with Crippen LogP contribution in [0.15, 0.2) is 53.4 Å². The molecule has 1 heterocycles. The van der Waals surface area contributed by atoms with Gasteiger partial charge in [0.25, 0.3) is 0 Å². The minimum atomic E-state index is -3.59. The number of rotatable bonds is 8. The molecule has 0 aromatic heterocycles. The fourth-order valence-electron chi connectivity index (χ4n) is 2.75. The molecule has 1 aliphatic heterocycles. The summed E-state index contributed by atoms with van der Waals surface area (Å²) >= 11 is 0. The summed E-state index contributed by atoms with van der Waals surface area (Å²) in [7, 11) is -2.01. The molecular formula is C20H23NO7S. The van der Waals surface area contributed by atoms with Crippen molar-refractivity contribution < 1.29 is 32.2 Å². The Labute approximate surface area is 170 Å².